The normalized spacial score (nSPS) is 10.7. The number of aliphatic hydroxyl groups is 1. The van der Waals surface area contributed by atoms with Crippen molar-refractivity contribution in [2.24, 2.45) is 0 Å². The van der Waals surface area contributed by atoms with Crippen molar-refractivity contribution in [2.45, 2.75) is 12.8 Å². The molecule has 0 saturated heterocycles. The molecule has 0 aromatic heterocycles. The van der Waals surface area contributed by atoms with Gasteiger partial charge in [-0.25, -0.2) is 0 Å². The van der Waals surface area contributed by atoms with Crippen LogP contribution < -0.4 is 9.64 Å². The topological polar surface area (TPSA) is 32.7 Å². The fourth-order valence-electron chi connectivity index (χ4n) is 2.17. The first-order chi connectivity index (χ1) is 9.24. The summed E-state index contributed by atoms with van der Waals surface area (Å²) >= 11 is 0. The average Bonchev–Trinajstić information content (AvgIpc) is 2.46. The van der Waals surface area contributed by atoms with Gasteiger partial charge in [-0.15, -0.1) is 0 Å². The fraction of sp³-hybridized carbons (Fsp3) is 0.375. The van der Waals surface area contributed by atoms with E-state index in [0.29, 0.717) is 0 Å². The lowest BCUT2D eigenvalue weighted by Gasteiger charge is -2.19. The molecule has 1 N–H and O–H groups in total. The average molecular weight is 259 g/mol. The van der Waals surface area contributed by atoms with Crippen LogP contribution in [0.1, 0.15) is 12.8 Å². The molecule has 0 radical (unpaired) electrons. The molecule has 0 atom stereocenters. The van der Waals surface area contributed by atoms with Crippen LogP contribution in [0.2, 0.25) is 0 Å². The van der Waals surface area contributed by atoms with Gasteiger partial charge in [-0.2, -0.15) is 0 Å². The first kappa shape index (κ1) is 13.7. The summed E-state index contributed by atoms with van der Waals surface area (Å²) in [7, 11) is 3.77. The van der Waals surface area contributed by atoms with Crippen LogP contribution in [-0.2, 0) is 0 Å². The van der Waals surface area contributed by atoms with Crippen molar-refractivity contribution in [1.29, 1.82) is 0 Å². The van der Waals surface area contributed by atoms with Crippen molar-refractivity contribution in [3.63, 3.8) is 0 Å². The number of unbranched alkanes of at least 4 members (excludes halogenated alkanes) is 1. The van der Waals surface area contributed by atoms with Crippen molar-refractivity contribution in [2.75, 3.05) is 32.2 Å². The third kappa shape index (κ3) is 3.38. The minimum Gasteiger partial charge on any atom is -0.497 e. The number of benzene rings is 2. The molecule has 102 valence electrons. The van der Waals surface area contributed by atoms with Crippen LogP contribution in [0.4, 0.5) is 5.69 Å². The molecule has 0 aliphatic carbocycles. The van der Waals surface area contributed by atoms with Crippen LogP contribution in [0, 0.1) is 0 Å². The number of methoxy groups -OCH3 is 1. The molecule has 0 spiro atoms. The molecule has 19 heavy (non-hydrogen) atoms. The van der Waals surface area contributed by atoms with E-state index < -0.39 is 0 Å². The van der Waals surface area contributed by atoms with Gasteiger partial charge in [0.05, 0.1) is 7.11 Å². The zero-order valence-corrected chi connectivity index (χ0v) is 11.6. The van der Waals surface area contributed by atoms with Crippen LogP contribution in [0.5, 0.6) is 5.75 Å². The van der Waals surface area contributed by atoms with Crippen molar-refractivity contribution in [3.05, 3.63) is 36.4 Å². The second kappa shape index (κ2) is 6.43. The Hall–Kier alpha value is -1.74. The summed E-state index contributed by atoms with van der Waals surface area (Å²) in [5, 5.41) is 11.2. The van der Waals surface area contributed by atoms with Gasteiger partial charge in [0.2, 0.25) is 0 Å². The van der Waals surface area contributed by atoms with E-state index in [0.717, 1.165) is 25.1 Å². The molecule has 2 aromatic rings. The van der Waals surface area contributed by atoms with E-state index in [2.05, 4.69) is 36.2 Å². The third-order valence-electron chi connectivity index (χ3n) is 3.37. The van der Waals surface area contributed by atoms with Gasteiger partial charge < -0.3 is 14.7 Å². The predicted molar refractivity (Wildman–Crippen MR) is 80.1 cm³/mol. The molecule has 3 nitrogen and oxygen atoms in total. The molecule has 0 aliphatic rings. The smallest absolute Gasteiger partial charge is 0.119 e. The number of aliphatic hydroxyl groups excluding tert-OH is 1. The molecule has 2 rings (SSSR count). The Balaban J connectivity index is 2.16. The Morgan fingerprint density at radius 3 is 2.53 bits per heavy atom. The van der Waals surface area contributed by atoms with Gasteiger partial charge in [0.25, 0.3) is 0 Å². The van der Waals surface area contributed by atoms with E-state index in [-0.39, 0.29) is 6.61 Å². The summed E-state index contributed by atoms with van der Waals surface area (Å²) in [6, 6.07) is 12.5. The van der Waals surface area contributed by atoms with Crippen molar-refractivity contribution in [3.8, 4) is 5.75 Å². The molecule has 3 heteroatoms. The van der Waals surface area contributed by atoms with Crippen molar-refractivity contribution in [1.82, 2.24) is 0 Å². The van der Waals surface area contributed by atoms with Gasteiger partial charge in [-0.05, 0) is 47.9 Å². The molecule has 2 aromatic carbocycles. The lowest BCUT2D eigenvalue weighted by molar-refractivity contribution is 0.285. The molecule has 0 heterocycles. The van der Waals surface area contributed by atoms with Gasteiger partial charge in [0.15, 0.2) is 0 Å². The quantitative estimate of drug-likeness (QED) is 0.809. The second-order valence-electron chi connectivity index (χ2n) is 4.75. The number of fused-ring (bicyclic) bond motifs is 1. The minimum atomic E-state index is 0.269. The van der Waals surface area contributed by atoms with Crippen LogP contribution in [0.15, 0.2) is 36.4 Å². The van der Waals surface area contributed by atoms with Gasteiger partial charge in [0.1, 0.15) is 5.75 Å². The zero-order chi connectivity index (χ0) is 13.7. The lowest BCUT2D eigenvalue weighted by Crippen LogP contribution is -2.18. The van der Waals surface area contributed by atoms with E-state index in [9.17, 15) is 0 Å². The van der Waals surface area contributed by atoms with Gasteiger partial charge >= 0.3 is 0 Å². The predicted octanol–water partition coefficient (Wildman–Crippen LogP) is 3.06. The Morgan fingerprint density at radius 1 is 1.05 bits per heavy atom. The Labute approximate surface area is 114 Å². The van der Waals surface area contributed by atoms with Crippen molar-refractivity contribution >= 4 is 16.5 Å². The summed E-state index contributed by atoms with van der Waals surface area (Å²) in [5.74, 6) is 0.886. The number of ether oxygens (including phenoxy) is 1. The first-order valence-electron chi connectivity index (χ1n) is 6.64. The van der Waals surface area contributed by atoms with E-state index in [1.54, 1.807) is 7.11 Å². The van der Waals surface area contributed by atoms with Crippen LogP contribution in [-0.4, -0.2) is 32.4 Å². The van der Waals surface area contributed by atoms with Gasteiger partial charge in [-0.3, -0.25) is 0 Å². The number of hydrogen-bond acceptors (Lipinski definition) is 3. The zero-order valence-electron chi connectivity index (χ0n) is 11.6. The second-order valence-corrected chi connectivity index (χ2v) is 4.75. The molecule has 0 saturated carbocycles. The highest BCUT2D eigenvalue weighted by atomic mass is 16.5. The summed E-state index contributed by atoms with van der Waals surface area (Å²) in [6.07, 6.45) is 1.86. The van der Waals surface area contributed by atoms with E-state index >= 15 is 0 Å². The Morgan fingerprint density at radius 2 is 1.79 bits per heavy atom. The van der Waals surface area contributed by atoms with E-state index in [1.807, 2.05) is 12.1 Å². The summed E-state index contributed by atoms with van der Waals surface area (Å²) in [5.41, 5.74) is 1.20. The molecular formula is C16H21NO2. The SMILES string of the molecule is COc1ccc2cc(N(C)CCCCO)ccc2c1. The highest BCUT2D eigenvalue weighted by molar-refractivity contribution is 5.87. The standard InChI is InChI=1S/C16H21NO2/c1-17(9-3-4-10-18)15-7-5-14-12-16(19-2)8-6-13(14)11-15/h5-8,11-12,18H,3-4,9-10H2,1-2H3. The highest BCUT2D eigenvalue weighted by Gasteiger charge is 2.03. The third-order valence-corrected chi connectivity index (χ3v) is 3.37. The summed E-state index contributed by atoms with van der Waals surface area (Å²) < 4.78 is 5.23. The Kier molecular flexibility index (Phi) is 4.63. The molecule has 0 fully saturated rings. The summed E-state index contributed by atoms with van der Waals surface area (Å²) in [4.78, 5) is 2.22. The number of nitrogens with zero attached hydrogens (tertiary/aromatic N) is 1. The van der Waals surface area contributed by atoms with Crippen LogP contribution in [0.25, 0.3) is 10.8 Å². The maximum Gasteiger partial charge on any atom is 0.119 e. The molecule has 0 bridgehead atoms. The monoisotopic (exact) mass is 259 g/mol. The number of anilines is 1. The molecule has 0 unspecified atom stereocenters. The fourth-order valence-corrected chi connectivity index (χ4v) is 2.17. The maximum atomic E-state index is 8.81. The number of rotatable bonds is 6. The first-order valence-corrected chi connectivity index (χ1v) is 6.64. The molecule has 0 aliphatic heterocycles. The lowest BCUT2D eigenvalue weighted by atomic mass is 10.1. The minimum absolute atomic E-state index is 0.269. The summed E-state index contributed by atoms with van der Waals surface area (Å²) in [6.45, 7) is 1.23. The Bertz CT molecular complexity index is 539. The molecule has 0 amide bonds. The maximum absolute atomic E-state index is 8.81. The largest absolute Gasteiger partial charge is 0.497 e. The van der Waals surface area contributed by atoms with Crippen LogP contribution >= 0.6 is 0 Å². The van der Waals surface area contributed by atoms with Crippen LogP contribution in [0.3, 0.4) is 0 Å². The highest BCUT2D eigenvalue weighted by Crippen LogP contribution is 2.25. The van der Waals surface area contributed by atoms with Gasteiger partial charge in [-0.1, -0.05) is 12.1 Å². The van der Waals surface area contributed by atoms with Crippen molar-refractivity contribution < 1.29 is 9.84 Å². The van der Waals surface area contributed by atoms with Gasteiger partial charge in [0, 0.05) is 25.9 Å². The molecular weight excluding hydrogens is 238 g/mol. The van der Waals surface area contributed by atoms with E-state index in [1.165, 1.54) is 16.5 Å². The number of hydrogen-bond donors (Lipinski definition) is 1. The van der Waals surface area contributed by atoms with E-state index in [4.69, 9.17) is 9.84 Å².